The highest BCUT2D eigenvalue weighted by atomic mass is 16.2. The number of nitrogen functional groups attached to an aromatic ring is 1. The summed E-state index contributed by atoms with van der Waals surface area (Å²) in [5.74, 6) is -0.784. The zero-order chi connectivity index (χ0) is 12.0. The molecule has 1 aliphatic rings. The van der Waals surface area contributed by atoms with Crippen molar-refractivity contribution in [2.24, 2.45) is 0 Å². The molecule has 0 unspecified atom stereocenters. The molecule has 17 heavy (non-hydrogen) atoms. The van der Waals surface area contributed by atoms with Gasteiger partial charge in [-0.2, -0.15) is 0 Å². The molecule has 5 heteroatoms. The standard InChI is InChI=1S/C12H9N3O2/c13-8-2-1-3-9-11(8)7(5-14-9)6-4-10(16)15-12(6)17/h1-5,14H,13H2,(H,15,16,17). The van der Waals surface area contributed by atoms with Crippen LogP contribution in [0, 0.1) is 0 Å². The van der Waals surface area contributed by atoms with E-state index in [4.69, 9.17) is 5.73 Å². The van der Waals surface area contributed by atoms with Gasteiger partial charge in [0.15, 0.2) is 0 Å². The molecule has 1 aromatic heterocycles. The number of H-pyrrole nitrogens is 1. The molecule has 4 N–H and O–H groups in total. The first-order valence-corrected chi connectivity index (χ1v) is 5.10. The van der Waals surface area contributed by atoms with Crippen LogP contribution in [0.5, 0.6) is 0 Å². The molecule has 0 bridgehead atoms. The minimum Gasteiger partial charge on any atom is -0.398 e. The lowest BCUT2D eigenvalue weighted by Gasteiger charge is -2.00. The van der Waals surface area contributed by atoms with E-state index in [1.807, 2.05) is 12.1 Å². The summed E-state index contributed by atoms with van der Waals surface area (Å²) in [4.78, 5) is 25.7. The van der Waals surface area contributed by atoms with Crippen molar-refractivity contribution in [3.05, 3.63) is 36.0 Å². The number of fused-ring (bicyclic) bond motifs is 1. The number of anilines is 1. The largest absolute Gasteiger partial charge is 0.398 e. The van der Waals surface area contributed by atoms with Gasteiger partial charge in [-0.3, -0.25) is 14.9 Å². The second-order valence-electron chi connectivity index (χ2n) is 3.85. The molecule has 0 saturated heterocycles. The molecule has 84 valence electrons. The van der Waals surface area contributed by atoms with E-state index in [1.165, 1.54) is 6.08 Å². The third-order valence-electron chi connectivity index (χ3n) is 2.78. The normalized spacial score (nSPS) is 15.2. The van der Waals surface area contributed by atoms with E-state index in [1.54, 1.807) is 12.3 Å². The molecule has 5 nitrogen and oxygen atoms in total. The first kappa shape index (κ1) is 9.65. The van der Waals surface area contributed by atoms with Gasteiger partial charge in [-0.25, -0.2) is 0 Å². The van der Waals surface area contributed by atoms with Crippen LogP contribution in [-0.2, 0) is 9.59 Å². The predicted octanol–water partition coefficient (Wildman–Crippen LogP) is 0.790. The molecule has 2 amide bonds. The topological polar surface area (TPSA) is 88.0 Å². The average molecular weight is 227 g/mol. The molecule has 0 fully saturated rings. The van der Waals surface area contributed by atoms with Crippen molar-refractivity contribution < 1.29 is 9.59 Å². The highest BCUT2D eigenvalue weighted by Crippen LogP contribution is 2.30. The number of aromatic amines is 1. The van der Waals surface area contributed by atoms with Crippen molar-refractivity contribution in [2.45, 2.75) is 0 Å². The van der Waals surface area contributed by atoms with E-state index in [0.717, 1.165) is 10.9 Å². The van der Waals surface area contributed by atoms with Crippen LogP contribution in [0.1, 0.15) is 5.56 Å². The van der Waals surface area contributed by atoms with Crippen LogP contribution >= 0.6 is 0 Å². The van der Waals surface area contributed by atoms with Gasteiger partial charge < -0.3 is 10.7 Å². The lowest BCUT2D eigenvalue weighted by molar-refractivity contribution is -0.123. The Labute approximate surface area is 96.3 Å². The number of amides is 2. The van der Waals surface area contributed by atoms with Gasteiger partial charge in [0, 0.05) is 34.4 Å². The molecule has 0 radical (unpaired) electrons. The lowest BCUT2D eigenvalue weighted by atomic mass is 10.0. The van der Waals surface area contributed by atoms with Gasteiger partial charge in [-0.05, 0) is 12.1 Å². The van der Waals surface area contributed by atoms with Gasteiger partial charge in [-0.1, -0.05) is 6.07 Å². The second-order valence-corrected chi connectivity index (χ2v) is 3.85. The average Bonchev–Trinajstić information content (AvgIpc) is 2.83. The van der Waals surface area contributed by atoms with Crippen molar-refractivity contribution in [3.8, 4) is 0 Å². The second kappa shape index (κ2) is 3.21. The van der Waals surface area contributed by atoms with Crippen molar-refractivity contribution in [3.63, 3.8) is 0 Å². The Balaban J connectivity index is 2.29. The number of hydrogen-bond acceptors (Lipinski definition) is 3. The van der Waals surface area contributed by atoms with Gasteiger partial charge in [-0.15, -0.1) is 0 Å². The number of carbonyl (C=O) groups excluding carboxylic acids is 2. The maximum absolute atomic E-state index is 11.6. The van der Waals surface area contributed by atoms with E-state index >= 15 is 0 Å². The minimum atomic E-state index is -0.395. The number of benzene rings is 1. The monoisotopic (exact) mass is 227 g/mol. The summed E-state index contributed by atoms with van der Waals surface area (Å²) in [6, 6.07) is 5.45. The van der Waals surface area contributed by atoms with Crippen LogP contribution in [-0.4, -0.2) is 16.8 Å². The molecule has 3 rings (SSSR count). The van der Waals surface area contributed by atoms with E-state index in [-0.39, 0.29) is 5.91 Å². The summed E-state index contributed by atoms with van der Waals surface area (Å²) >= 11 is 0. The van der Waals surface area contributed by atoms with Crippen LogP contribution in [0.15, 0.2) is 30.5 Å². The Kier molecular flexibility index (Phi) is 1.82. The van der Waals surface area contributed by atoms with Gasteiger partial charge >= 0.3 is 0 Å². The molecular formula is C12H9N3O2. The van der Waals surface area contributed by atoms with Crippen LogP contribution in [0.25, 0.3) is 16.5 Å². The Bertz CT molecular complexity index is 682. The van der Waals surface area contributed by atoms with Crippen molar-refractivity contribution >= 4 is 34.0 Å². The molecule has 0 spiro atoms. The number of carbonyl (C=O) groups is 2. The molecule has 1 aliphatic heterocycles. The third kappa shape index (κ3) is 1.32. The van der Waals surface area contributed by atoms with E-state index in [9.17, 15) is 9.59 Å². The smallest absolute Gasteiger partial charge is 0.258 e. The fraction of sp³-hybridized carbons (Fsp3) is 0. The van der Waals surface area contributed by atoms with Crippen LogP contribution in [0.3, 0.4) is 0 Å². The number of hydrogen-bond donors (Lipinski definition) is 3. The number of rotatable bonds is 1. The van der Waals surface area contributed by atoms with Crippen LogP contribution in [0.2, 0.25) is 0 Å². The number of aromatic nitrogens is 1. The molecular weight excluding hydrogens is 218 g/mol. The van der Waals surface area contributed by atoms with Crippen molar-refractivity contribution in [2.75, 3.05) is 5.73 Å². The van der Waals surface area contributed by atoms with Crippen LogP contribution in [0.4, 0.5) is 5.69 Å². The fourth-order valence-electron chi connectivity index (χ4n) is 2.04. The van der Waals surface area contributed by atoms with Gasteiger partial charge in [0.1, 0.15) is 0 Å². The zero-order valence-corrected chi connectivity index (χ0v) is 8.78. The molecule has 0 saturated carbocycles. The van der Waals surface area contributed by atoms with Crippen molar-refractivity contribution in [1.29, 1.82) is 0 Å². The molecule has 2 heterocycles. The first-order chi connectivity index (χ1) is 8.16. The highest BCUT2D eigenvalue weighted by molar-refractivity contribution is 6.35. The summed E-state index contributed by atoms with van der Waals surface area (Å²) in [6.45, 7) is 0. The minimum absolute atomic E-state index is 0.346. The Morgan fingerprint density at radius 2 is 2.00 bits per heavy atom. The van der Waals surface area contributed by atoms with Gasteiger partial charge in [0.2, 0.25) is 0 Å². The van der Waals surface area contributed by atoms with E-state index in [2.05, 4.69) is 10.3 Å². The number of nitrogens with one attached hydrogen (secondary N) is 2. The molecule has 0 atom stereocenters. The zero-order valence-electron chi connectivity index (χ0n) is 8.78. The highest BCUT2D eigenvalue weighted by Gasteiger charge is 2.24. The predicted molar refractivity (Wildman–Crippen MR) is 63.8 cm³/mol. The summed E-state index contributed by atoms with van der Waals surface area (Å²) in [5, 5.41) is 2.98. The Morgan fingerprint density at radius 3 is 2.71 bits per heavy atom. The first-order valence-electron chi connectivity index (χ1n) is 5.10. The molecule has 1 aromatic carbocycles. The van der Waals surface area contributed by atoms with Gasteiger partial charge in [0.05, 0.1) is 5.57 Å². The fourth-order valence-corrected chi connectivity index (χ4v) is 2.04. The summed E-state index contributed by atoms with van der Waals surface area (Å²) in [7, 11) is 0. The van der Waals surface area contributed by atoms with Crippen molar-refractivity contribution in [1.82, 2.24) is 10.3 Å². The summed E-state index contributed by atoms with van der Waals surface area (Å²) in [5.41, 5.74) is 8.30. The Hall–Kier alpha value is -2.56. The molecule has 0 aliphatic carbocycles. The number of imide groups is 1. The summed E-state index contributed by atoms with van der Waals surface area (Å²) < 4.78 is 0. The lowest BCUT2D eigenvalue weighted by Crippen LogP contribution is -2.21. The molecule has 2 aromatic rings. The van der Waals surface area contributed by atoms with Crippen LogP contribution < -0.4 is 11.1 Å². The SMILES string of the molecule is Nc1cccc2[nH]cc(C3=CC(=O)NC3=O)c12. The number of nitrogens with two attached hydrogens (primary N) is 1. The summed E-state index contributed by atoms with van der Waals surface area (Å²) in [6.07, 6.45) is 2.97. The van der Waals surface area contributed by atoms with E-state index < -0.39 is 5.91 Å². The maximum Gasteiger partial charge on any atom is 0.258 e. The Morgan fingerprint density at radius 1 is 1.18 bits per heavy atom. The van der Waals surface area contributed by atoms with E-state index in [0.29, 0.717) is 16.8 Å². The third-order valence-corrected chi connectivity index (χ3v) is 2.78. The quantitative estimate of drug-likeness (QED) is 0.497. The van der Waals surface area contributed by atoms with Gasteiger partial charge in [0.25, 0.3) is 11.8 Å². The maximum atomic E-state index is 11.6.